The monoisotopic (exact) mass is 494 g/mol. The van der Waals surface area contributed by atoms with Crippen LogP contribution in [0.1, 0.15) is 22.5 Å². The van der Waals surface area contributed by atoms with Gasteiger partial charge in [-0.15, -0.1) is 0 Å². The molecule has 176 valence electrons. The van der Waals surface area contributed by atoms with Crippen LogP contribution in [0.25, 0.3) is 0 Å². The van der Waals surface area contributed by atoms with Gasteiger partial charge in [0.25, 0.3) is 0 Å². The molecule has 33 heavy (non-hydrogen) atoms. The number of rotatable bonds is 4. The second-order valence-electron chi connectivity index (χ2n) is 6.87. The van der Waals surface area contributed by atoms with Crippen LogP contribution in [0.15, 0.2) is 24.3 Å². The van der Waals surface area contributed by atoms with Crippen molar-refractivity contribution in [3.05, 3.63) is 75.9 Å². The Morgan fingerprint density at radius 3 is 2.03 bits per heavy atom. The van der Waals surface area contributed by atoms with E-state index in [1.165, 1.54) is 32.0 Å². The Labute approximate surface area is 187 Å². The predicted octanol–water partition coefficient (Wildman–Crippen LogP) is 6.07. The van der Waals surface area contributed by atoms with Gasteiger partial charge in [-0.25, -0.2) is 22.0 Å². The Balaban J connectivity index is 1.87. The molecule has 0 aliphatic carbocycles. The standard InChI is InChI=1S/C20H14F8N4S/c1-8-18(30-19(33)29-12-6-4-3-5-11(12)20(26,27)28)9(2)32(31-8)7-10-13(21)15(23)17(25)16(24)14(10)22/h3-6H,7H2,1-2H3,(H2,29,30,33). The van der Waals surface area contributed by atoms with Crippen LogP contribution in [0.5, 0.6) is 0 Å². The molecule has 3 rings (SSSR count). The van der Waals surface area contributed by atoms with Crippen LogP contribution in [0.4, 0.5) is 46.5 Å². The number of aromatic nitrogens is 2. The Morgan fingerprint density at radius 1 is 0.909 bits per heavy atom. The van der Waals surface area contributed by atoms with Crippen LogP contribution >= 0.6 is 12.2 Å². The van der Waals surface area contributed by atoms with Gasteiger partial charge in [0.1, 0.15) is 0 Å². The van der Waals surface area contributed by atoms with Gasteiger partial charge in [-0.3, -0.25) is 4.68 Å². The summed E-state index contributed by atoms with van der Waals surface area (Å²) in [6.07, 6.45) is -4.64. The number of aryl methyl sites for hydroxylation is 1. The average Bonchev–Trinajstić information content (AvgIpc) is 3.01. The molecule has 3 aromatic rings. The van der Waals surface area contributed by atoms with Crippen LogP contribution in [0, 0.1) is 42.9 Å². The first kappa shape index (κ1) is 24.4. The van der Waals surface area contributed by atoms with Crippen molar-refractivity contribution in [2.24, 2.45) is 0 Å². The van der Waals surface area contributed by atoms with Crippen molar-refractivity contribution in [3.8, 4) is 0 Å². The molecule has 4 nitrogen and oxygen atoms in total. The predicted molar refractivity (Wildman–Crippen MR) is 108 cm³/mol. The maximum Gasteiger partial charge on any atom is 0.418 e. The van der Waals surface area contributed by atoms with Crippen molar-refractivity contribution in [2.45, 2.75) is 26.6 Å². The summed E-state index contributed by atoms with van der Waals surface area (Å²) in [6.45, 7) is 2.08. The second-order valence-corrected chi connectivity index (χ2v) is 7.28. The SMILES string of the molecule is Cc1nn(Cc2c(F)c(F)c(F)c(F)c2F)c(C)c1NC(=S)Nc1ccccc1C(F)(F)F. The number of hydrogen-bond acceptors (Lipinski definition) is 2. The number of para-hydroxylation sites is 1. The molecule has 2 N–H and O–H groups in total. The minimum Gasteiger partial charge on any atom is -0.332 e. The molecule has 0 saturated heterocycles. The summed E-state index contributed by atoms with van der Waals surface area (Å²) in [5.74, 6) is -10.4. The van der Waals surface area contributed by atoms with E-state index in [4.69, 9.17) is 12.2 Å². The molecule has 0 atom stereocenters. The van der Waals surface area contributed by atoms with E-state index in [9.17, 15) is 35.1 Å². The number of benzene rings is 2. The fourth-order valence-corrected chi connectivity index (χ4v) is 3.29. The van der Waals surface area contributed by atoms with Crippen LogP contribution < -0.4 is 10.6 Å². The van der Waals surface area contributed by atoms with E-state index in [1.807, 2.05) is 0 Å². The number of nitrogens with zero attached hydrogens (tertiary/aromatic N) is 2. The third kappa shape index (κ3) is 4.77. The molecule has 2 aromatic carbocycles. The van der Waals surface area contributed by atoms with E-state index in [1.54, 1.807) is 0 Å². The van der Waals surface area contributed by atoms with Gasteiger partial charge in [-0.2, -0.15) is 18.3 Å². The lowest BCUT2D eigenvalue weighted by molar-refractivity contribution is -0.136. The summed E-state index contributed by atoms with van der Waals surface area (Å²) < 4.78 is 109. The van der Waals surface area contributed by atoms with Crippen molar-refractivity contribution in [2.75, 3.05) is 10.6 Å². The van der Waals surface area contributed by atoms with Gasteiger partial charge in [-0.05, 0) is 38.2 Å². The maximum absolute atomic E-state index is 14.0. The fraction of sp³-hybridized carbons (Fsp3) is 0.200. The molecule has 0 unspecified atom stereocenters. The van der Waals surface area contributed by atoms with Crippen LogP contribution in [-0.4, -0.2) is 14.9 Å². The third-order valence-electron chi connectivity index (χ3n) is 4.71. The van der Waals surface area contributed by atoms with Crippen LogP contribution in [0.2, 0.25) is 0 Å². The van der Waals surface area contributed by atoms with Crippen molar-refractivity contribution in [1.29, 1.82) is 0 Å². The lowest BCUT2D eigenvalue weighted by Crippen LogP contribution is -2.22. The first-order valence-electron chi connectivity index (χ1n) is 9.11. The number of hydrogen-bond donors (Lipinski definition) is 2. The van der Waals surface area contributed by atoms with Crippen LogP contribution in [-0.2, 0) is 12.7 Å². The first-order valence-corrected chi connectivity index (χ1v) is 9.52. The molecule has 1 aromatic heterocycles. The Morgan fingerprint density at radius 2 is 1.45 bits per heavy atom. The molecule has 0 radical (unpaired) electrons. The van der Waals surface area contributed by atoms with Gasteiger partial charge in [0.2, 0.25) is 5.82 Å². The van der Waals surface area contributed by atoms with Gasteiger partial charge in [0, 0.05) is 0 Å². The molecule has 0 bridgehead atoms. The minimum atomic E-state index is -4.64. The summed E-state index contributed by atoms with van der Waals surface area (Å²) in [7, 11) is 0. The zero-order valence-electron chi connectivity index (χ0n) is 16.8. The quantitative estimate of drug-likeness (QED) is 0.200. The van der Waals surface area contributed by atoms with Crippen LogP contribution in [0.3, 0.4) is 0 Å². The molecule has 13 heteroatoms. The largest absolute Gasteiger partial charge is 0.418 e. The number of nitrogens with one attached hydrogen (secondary N) is 2. The Kier molecular flexibility index (Phi) is 6.63. The van der Waals surface area contributed by atoms with Gasteiger partial charge in [0.15, 0.2) is 28.4 Å². The molecule has 0 aliphatic heterocycles. The fourth-order valence-electron chi connectivity index (χ4n) is 3.08. The zero-order chi connectivity index (χ0) is 24.7. The highest BCUT2D eigenvalue weighted by atomic mass is 32.1. The number of alkyl halides is 3. The smallest absolute Gasteiger partial charge is 0.332 e. The topological polar surface area (TPSA) is 41.9 Å². The van der Waals surface area contributed by atoms with Crippen molar-refractivity contribution >= 4 is 28.7 Å². The summed E-state index contributed by atoms with van der Waals surface area (Å²) in [5.41, 5.74) is -1.78. The highest BCUT2D eigenvalue weighted by Gasteiger charge is 2.33. The second kappa shape index (κ2) is 8.96. The maximum atomic E-state index is 14.0. The molecule has 0 aliphatic rings. The number of anilines is 2. The molecule has 1 heterocycles. The Hall–Kier alpha value is -3.22. The average molecular weight is 494 g/mol. The third-order valence-corrected chi connectivity index (χ3v) is 4.91. The molecule has 0 fully saturated rings. The minimum absolute atomic E-state index is 0.181. The van der Waals surface area contributed by atoms with E-state index in [0.717, 1.165) is 10.7 Å². The first-order chi connectivity index (χ1) is 15.3. The van der Waals surface area contributed by atoms with E-state index in [2.05, 4.69) is 15.7 Å². The van der Waals surface area contributed by atoms with E-state index in [-0.39, 0.29) is 27.9 Å². The van der Waals surface area contributed by atoms with Gasteiger partial charge < -0.3 is 10.6 Å². The lowest BCUT2D eigenvalue weighted by atomic mass is 10.1. The van der Waals surface area contributed by atoms with Crippen molar-refractivity contribution in [1.82, 2.24) is 9.78 Å². The highest BCUT2D eigenvalue weighted by Crippen LogP contribution is 2.34. The number of thiocarbonyl (C=S) groups is 1. The summed E-state index contributed by atoms with van der Waals surface area (Å²) >= 11 is 5.06. The summed E-state index contributed by atoms with van der Waals surface area (Å²) in [5, 5.41) is 8.83. The van der Waals surface area contributed by atoms with Gasteiger partial charge in [-0.1, -0.05) is 12.1 Å². The number of halogens is 8. The molecule has 0 saturated carbocycles. The summed E-state index contributed by atoms with van der Waals surface area (Å²) in [6, 6.07) is 4.62. The van der Waals surface area contributed by atoms with Gasteiger partial charge in [0.05, 0.1) is 40.4 Å². The van der Waals surface area contributed by atoms with E-state index < -0.39 is 52.9 Å². The van der Waals surface area contributed by atoms with E-state index in [0.29, 0.717) is 0 Å². The highest BCUT2D eigenvalue weighted by molar-refractivity contribution is 7.80. The Bertz CT molecular complexity index is 1210. The molecular formula is C20H14F8N4S. The lowest BCUT2D eigenvalue weighted by Gasteiger charge is -2.16. The molecule has 0 spiro atoms. The molecular weight excluding hydrogens is 480 g/mol. The van der Waals surface area contributed by atoms with Crippen molar-refractivity contribution < 1.29 is 35.1 Å². The summed E-state index contributed by atoms with van der Waals surface area (Å²) in [4.78, 5) is 0. The van der Waals surface area contributed by atoms with E-state index >= 15 is 0 Å². The molecule has 0 amide bonds. The zero-order valence-corrected chi connectivity index (χ0v) is 17.7. The normalized spacial score (nSPS) is 11.6. The van der Waals surface area contributed by atoms with Gasteiger partial charge >= 0.3 is 6.18 Å². The van der Waals surface area contributed by atoms with Crippen molar-refractivity contribution in [3.63, 3.8) is 0 Å².